The van der Waals surface area contributed by atoms with Crippen molar-refractivity contribution < 1.29 is 18.9 Å². The summed E-state index contributed by atoms with van der Waals surface area (Å²) in [7, 11) is 0. The van der Waals surface area contributed by atoms with E-state index >= 15 is 0 Å². The molecule has 2 spiro atoms. The molecule has 4 aliphatic heterocycles. The van der Waals surface area contributed by atoms with Crippen molar-refractivity contribution in [1.29, 1.82) is 0 Å². The average Bonchev–Trinajstić information content (AvgIpc) is 3.29. The number of ether oxygens (including phenoxy) is 4. The minimum atomic E-state index is -0.370. The molecule has 0 radical (unpaired) electrons. The Morgan fingerprint density at radius 1 is 0.441 bits per heavy atom. The van der Waals surface area contributed by atoms with Gasteiger partial charge in [-0.05, 0) is 81.3 Å². The van der Waals surface area contributed by atoms with Crippen LogP contribution in [0.1, 0.15) is 107 Å². The van der Waals surface area contributed by atoms with Crippen molar-refractivity contribution in [3.63, 3.8) is 0 Å². The van der Waals surface area contributed by atoms with Crippen molar-refractivity contribution in [2.45, 2.75) is 140 Å². The second kappa shape index (κ2) is 9.25. The third-order valence-electron chi connectivity index (χ3n) is 8.87. The molecule has 0 aliphatic carbocycles. The lowest BCUT2D eigenvalue weighted by atomic mass is 9.75. The summed E-state index contributed by atoms with van der Waals surface area (Å²) in [5.41, 5.74) is 0.311. The van der Waals surface area contributed by atoms with Gasteiger partial charge in [-0.25, -0.2) is 0 Å². The molecular formula is C28H52N2O4. The quantitative estimate of drug-likeness (QED) is 0.458. The van der Waals surface area contributed by atoms with Crippen LogP contribution in [0.4, 0.5) is 0 Å². The molecule has 0 aromatic rings. The number of hydrogen-bond donors (Lipinski definition) is 0. The van der Waals surface area contributed by atoms with Crippen LogP contribution in [0, 0.1) is 0 Å². The predicted molar refractivity (Wildman–Crippen MR) is 136 cm³/mol. The van der Waals surface area contributed by atoms with Crippen LogP contribution in [-0.4, -0.2) is 83.0 Å². The summed E-state index contributed by atoms with van der Waals surface area (Å²) in [5, 5.41) is 0. The fourth-order valence-corrected chi connectivity index (χ4v) is 8.29. The molecule has 4 saturated heterocycles. The number of hydrogen-bond acceptors (Lipinski definition) is 6. The van der Waals surface area contributed by atoms with Crippen molar-refractivity contribution >= 4 is 0 Å². The first-order valence-electron chi connectivity index (χ1n) is 13.8. The maximum absolute atomic E-state index is 6.11. The number of likely N-dealkylation sites (tertiary alicyclic amines) is 2. The highest BCUT2D eigenvalue weighted by molar-refractivity contribution is 5.06. The monoisotopic (exact) mass is 480 g/mol. The molecule has 4 aliphatic rings. The Bertz CT molecular complexity index is 605. The van der Waals surface area contributed by atoms with E-state index in [4.69, 9.17) is 18.9 Å². The summed E-state index contributed by atoms with van der Waals surface area (Å²) in [6.07, 6.45) is 8.89. The van der Waals surface area contributed by atoms with E-state index in [2.05, 4.69) is 65.2 Å². The maximum Gasteiger partial charge on any atom is 0.171 e. The lowest BCUT2D eigenvalue weighted by Gasteiger charge is -2.58. The lowest BCUT2D eigenvalue weighted by molar-refractivity contribution is -0.240. The van der Waals surface area contributed by atoms with Crippen LogP contribution < -0.4 is 0 Å². The Morgan fingerprint density at radius 3 is 0.971 bits per heavy atom. The van der Waals surface area contributed by atoms with Gasteiger partial charge in [-0.3, -0.25) is 9.80 Å². The van der Waals surface area contributed by atoms with E-state index in [0.717, 1.165) is 65.2 Å². The molecule has 0 saturated carbocycles. The average molecular weight is 481 g/mol. The summed E-state index contributed by atoms with van der Waals surface area (Å²) in [4.78, 5) is 5.43. The van der Waals surface area contributed by atoms with Crippen molar-refractivity contribution in [2.75, 3.05) is 39.5 Å². The molecule has 0 atom stereocenters. The Morgan fingerprint density at radius 2 is 0.706 bits per heavy atom. The molecule has 0 N–H and O–H groups in total. The van der Waals surface area contributed by atoms with Crippen LogP contribution in [0.5, 0.6) is 0 Å². The van der Waals surface area contributed by atoms with Gasteiger partial charge in [0.15, 0.2) is 11.6 Å². The van der Waals surface area contributed by atoms with Gasteiger partial charge in [0.2, 0.25) is 0 Å². The van der Waals surface area contributed by atoms with Gasteiger partial charge in [-0.2, -0.15) is 0 Å². The third-order valence-corrected chi connectivity index (χ3v) is 8.87. The van der Waals surface area contributed by atoms with E-state index in [0.29, 0.717) is 0 Å². The smallest absolute Gasteiger partial charge is 0.171 e. The molecule has 0 amide bonds. The van der Waals surface area contributed by atoms with Gasteiger partial charge in [0, 0.05) is 47.8 Å². The molecule has 4 rings (SSSR count). The van der Waals surface area contributed by atoms with Crippen LogP contribution in [-0.2, 0) is 18.9 Å². The zero-order valence-electron chi connectivity index (χ0n) is 23.4. The second-order valence-electron chi connectivity index (χ2n) is 13.9. The second-order valence-corrected chi connectivity index (χ2v) is 13.9. The Labute approximate surface area is 209 Å². The Balaban J connectivity index is 1.24. The Kier molecular flexibility index (Phi) is 7.30. The predicted octanol–water partition coefficient (Wildman–Crippen LogP) is 5.34. The standard InChI is InChI=1S/C28H52N2O4/c1-23(2)19-27(31-15-16-32-27)20-24(3,4)29(23)13-11-9-10-12-14-30-25(5,6)21-28(22-26(30,7)8)33-17-18-34-28/h9-22H2,1-8H3. The highest BCUT2D eigenvalue weighted by atomic mass is 16.7. The van der Waals surface area contributed by atoms with E-state index in [1.165, 1.54) is 25.7 Å². The van der Waals surface area contributed by atoms with Gasteiger partial charge < -0.3 is 18.9 Å². The van der Waals surface area contributed by atoms with Gasteiger partial charge in [0.25, 0.3) is 0 Å². The highest BCUT2D eigenvalue weighted by Crippen LogP contribution is 2.48. The minimum Gasteiger partial charge on any atom is -0.347 e. The van der Waals surface area contributed by atoms with E-state index in [1.54, 1.807) is 0 Å². The Hall–Kier alpha value is -0.240. The van der Waals surface area contributed by atoms with Crippen molar-refractivity contribution in [2.24, 2.45) is 0 Å². The first kappa shape index (κ1) is 26.8. The zero-order valence-corrected chi connectivity index (χ0v) is 23.4. The number of rotatable bonds is 7. The fraction of sp³-hybridized carbons (Fsp3) is 1.00. The van der Waals surface area contributed by atoms with Crippen LogP contribution in [0.2, 0.25) is 0 Å². The van der Waals surface area contributed by atoms with E-state index < -0.39 is 0 Å². The first-order valence-corrected chi connectivity index (χ1v) is 13.8. The number of nitrogens with zero attached hydrogens (tertiary/aromatic N) is 2. The topological polar surface area (TPSA) is 43.4 Å². The minimum absolute atomic E-state index is 0.0777. The van der Waals surface area contributed by atoms with E-state index in [1.807, 2.05) is 0 Å². The van der Waals surface area contributed by atoms with Crippen molar-refractivity contribution in [3.8, 4) is 0 Å². The molecule has 0 bridgehead atoms. The molecule has 0 unspecified atom stereocenters. The zero-order chi connectivity index (χ0) is 24.9. The van der Waals surface area contributed by atoms with Gasteiger partial charge >= 0.3 is 0 Å². The molecule has 4 fully saturated rings. The molecule has 34 heavy (non-hydrogen) atoms. The van der Waals surface area contributed by atoms with E-state index in [9.17, 15) is 0 Å². The van der Waals surface area contributed by atoms with Crippen LogP contribution in [0.25, 0.3) is 0 Å². The van der Waals surface area contributed by atoms with Gasteiger partial charge in [0.05, 0.1) is 26.4 Å². The summed E-state index contributed by atoms with van der Waals surface area (Å²) in [6, 6.07) is 0. The summed E-state index contributed by atoms with van der Waals surface area (Å²) >= 11 is 0. The van der Waals surface area contributed by atoms with Crippen molar-refractivity contribution in [1.82, 2.24) is 9.80 Å². The molecule has 4 heterocycles. The van der Waals surface area contributed by atoms with Gasteiger partial charge in [-0.1, -0.05) is 12.8 Å². The van der Waals surface area contributed by atoms with E-state index in [-0.39, 0.29) is 33.7 Å². The molecule has 0 aromatic heterocycles. The molecule has 6 nitrogen and oxygen atoms in total. The number of unbranched alkanes of at least 4 members (excludes halogenated alkanes) is 3. The molecular weight excluding hydrogens is 428 g/mol. The van der Waals surface area contributed by atoms with Gasteiger partial charge in [0.1, 0.15) is 0 Å². The summed E-state index contributed by atoms with van der Waals surface area (Å²) in [5.74, 6) is -0.741. The van der Waals surface area contributed by atoms with Gasteiger partial charge in [-0.15, -0.1) is 0 Å². The van der Waals surface area contributed by atoms with Crippen LogP contribution in [0.15, 0.2) is 0 Å². The third kappa shape index (κ3) is 5.38. The highest BCUT2D eigenvalue weighted by Gasteiger charge is 2.56. The lowest BCUT2D eigenvalue weighted by Crippen LogP contribution is -2.66. The number of piperidine rings is 2. The normalized spacial score (nSPS) is 31.4. The maximum atomic E-state index is 6.11. The molecule has 0 aromatic carbocycles. The largest absolute Gasteiger partial charge is 0.347 e. The van der Waals surface area contributed by atoms with Crippen LogP contribution >= 0.6 is 0 Å². The summed E-state index contributed by atoms with van der Waals surface area (Å²) < 4.78 is 24.4. The summed E-state index contributed by atoms with van der Waals surface area (Å²) in [6.45, 7) is 24.2. The SMILES string of the molecule is CC1(C)CC2(CC(C)(C)N1CCCCCCN1C(C)(C)CC3(CC1(C)C)OCCO3)OCCO2. The molecule has 6 heteroatoms. The molecule has 198 valence electrons. The first-order chi connectivity index (χ1) is 15.7. The van der Waals surface area contributed by atoms with Crippen LogP contribution in [0.3, 0.4) is 0 Å². The fourth-order valence-electron chi connectivity index (χ4n) is 8.29. The van der Waals surface area contributed by atoms with Crippen molar-refractivity contribution in [3.05, 3.63) is 0 Å².